The molecule has 0 radical (unpaired) electrons. The minimum absolute atomic E-state index is 0.398. The van der Waals surface area contributed by atoms with E-state index in [9.17, 15) is 0 Å². The quantitative estimate of drug-likeness (QED) is 0.584. The van der Waals surface area contributed by atoms with Crippen LogP contribution >= 0.6 is 0 Å². The van der Waals surface area contributed by atoms with E-state index in [2.05, 4.69) is 11.9 Å². The lowest BCUT2D eigenvalue weighted by atomic mass is 9.86. The first-order valence-electron chi connectivity index (χ1n) is 3.45. The third-order valence-electron chi connectivity index (χ3n) is 1.93. The van der Waals surface area contributed by atoms with E-state index in [0.29, 0.717) is 5.41 Å². The highest BCUT2D eigenvalue weighted by Gasteiger charge is 2.24. The Hall–Kier alpha value is -0.370. The van der Waals surface area contributed by atoms with Crippen LogP contribution in [0.5, 0.6) is 0 Å². The molecule has 1 aliphatic rings. The van der Waals surface area contributed by atoms with Crippen molar-refractivity contribution >= 4 is 6.21 Å². The summed E-state index contributed by atoms with van der Waals surface area (Å²) in [7, 11) is 0. The molecule has 0 saturated heterocycles. The molecule has 1 atom stereocenters. The lowest BCUT2D eigenvalue weighted by Crippen LogP contribution is -2.20. The van der Waals surface area contributed by atoms with E-state index >= 15 is 0 Å². The normalized spacial score (nSPS) is 33.6. The molecule has 1 aliphatic heterocycles. The molecule has 9 heavy (non-hydrogen) atoms. The molecule has 0 spiro atoms. The molecule has 0 saturated carbocycles. The summed E-state index contributed by atoms with van der Waals surface area (Å²) in [5, 5.41) is 0. The molecule has 0 aliphatic carbocycles. The van der Waals surface area contributed by atoms with Gasteiger partial charge in [0.05, 0.1) is 0 Å². The van der Waals surface area contributed by atoms with Crippen molar-refractivity contribution in [2.45, 2.75) is 19.8 Å². The van der Waals surface area contributed by atoms with E-state index in [0.717, 1.165) is 25.9 Å². The molecule has 0 fully saturated rings. The summed E-state index contributed by atoms with van der Waals surface area (Å²) < 4.78 is 0. The van der Waals surface area contributed by atoms with Crippen molar-refractivity contribution in [1.82, 2.24) is 0 Å². The van der Waals surface area contributed by atoms with Crippen LogP contribution in [-0.2, 0) is 0 Å². The fourth-order valence-corrected chi connectivity index (χ4v) is 1.16. The van der Waals surface area contributed by atoms with Gasteiger partial charge in [0.25, 0.3) is 0 Å². The van der Waals surface area contributed by atoms with Gasteiger partial charge in [0.15, 0.2) is 0 Å². The van der Waals surface area contributed by atoms with E-state index in [1.807, 2.05) is 6.21 Å². The maximum atomic E-state index is 5.44. The number of nitrogens with two attached hydrogens (primary N) is 1. The lowest BCUT2D eigenvalue weighted by molar-refractivity contribution is 0.349. The predicted octanol–water partition coefficient (Wildman–Crippen LogP) is 0.816. The third-order valence-corrected chi connectivity index (χ3v) is 1.93. The summed E-state index contributed by atoms with van der Waals surface area (Å²) in [5.74, 6) is 0. The largest absolute Gasteiger partial charge is 0.330 e. The minimum atomic E-state index is 0.398. The molecule has 1 rings (SSSR count). The first-order valence-corrected chi connectivity index (χ1v) is 3.45. The number of nitrogens with zero attached hydrogens (tertiary/aromatic N) is 1. The van der Waals surface area contributed by atoms with Crippen molar-refractivity contribution in [3.63, 3.8) is 0 Å². The maximum Gasteiger partial charge on any atom is 0.0443 e. The van der Waals surface area contributed by atoms with Crippen molar-refractivity contribution in [2.75, 3.05) is 13.1 Å². The second kappa shape index (κ2) is 2.48. The Kier molecular flexibility index (Phi) is 1.86. The van der Waals surface area contributed by atoms with Crippen LogP contribution in [0.3, 0.4) is 0 Å². The standard InChI is InChI=1S/C7H14N2/c1-7(2-4-8)3-5-9-6-7/h5H,2-4,6,8H2,1H3. The Balaban J connectivity index is 2.36. The van der Waals surface area contributed by atoms with Crippen LogP contribution in [-0.4, -0.2) is 19.3 Å². The van der Waals surface area contributed by atoms with Gasteiger partial charge in [-0.3, -0.25) is 4.99 Å². The Morgan fingerprint density at radius 2 is 2.56 bits per heavy atom. The van der Waals surface area contributed by atoms with Crippen molar-refractivity contribution in [3.05, 3.63) is 0 Å². The zero-order valence-corrected chi connectivity index (χ0v) is 5.93. The smallest absolute Gasteiger partial charge is 0.0443 e. The summed E-state index contributed by atoms with van der Waals surface area (Å²) in [4.78, 5) is 4.17. The molecule has 0 aromatic heterocycles. The summed E-state index contributed by atoms with van der Waals surface area (Å²) >= 11 is 0. The summed E-state index contributed by atoms with van der Waals surface area (Å²) in [6.07, 6.45) is 4.23. The summed E-state index contributed by atoms with van der Waals surface area (Å²) in [5.41, 5.74) is 5.84. The molecule has 2 nitrogen and oxygen atoms in total. The monoisotopic (exact) mass is 126 g/mol. The van der Waals surface area contributed by atoms with Crippen molar-refractivity contribution in [2.24, 2.45) is 16.1 Å². The highest BCUT2D eigenvalue weighted by molar-refractivity contribution is 5.60. The van der Waals surface area contributed by atoms with Crippen LogP contribution in [0.2, 0.25) is 0 Å². The molecule has 0 aromatic carbocycles. The molecule has 0 aromatic rings. The fraction of sp³-hybridized carbons (Fsp3) is 0.857. The Bertz CT molecular complexity index is 110. The molecule has 52 valence electrons. The van der Waals surface area contributed by atoms with Crippen LogP contribution in [0.25, 0.3) is 0 Å². The van der Waals surface area contributed by atoms with E-state index in [4.69, 9.17) is 5.73 Å². The van der Waals surface area contributed by atoms with E-state index in [-0.39, 0.29) is 0 Å². The fourth-order valence-electron chi connectivity index (χ4n) is 1.16. The zero-order valence-electron chi connectivity index (χ0n) is 5.93. The van der Waals surface area contributed by atoms with Crippen molar-refractivity contribution in [3.8, 4) is 0 Å². The van der Waals surface area contributed by atoms with Crippen LogP contribution in [0.1, 0.15) is 19.8 Å². The van der Waals surface area contributed by atoms with Gasteiger partial charge >= 0.3 is 0 Å². The Labute approximate surface area is 56.2 Å². The SMILES string of the molecule is CC1(CCN)CC=NC1. The van der Waals surface area contributed by atoms with Crippen LogP contribution in [0.4, 0.5) is 0 Å². The van der Waals surface area contributed by atoms with Gasteiger partial charge in [0.1, 0.15) is 0 Å². The number of hydrogen-bond acceptors (Lipinski definition) is 2. The second-order valence-corrected chi connectivity index (χ2v) is 3.08. The molecule has 2 heteroatoms. The number of aliphatic imine (C=N–C) groups is 1. The highest BCUT2D eigenvalue weighted by Crippen LogP contribution is 2.28. The minimum Gasteiger partial charge on any atom is -0.330 e. The van der Waals surface area contributed by atoms with E-state index < -0.39 is 0 Å². The lowest BCUT2D eigenvalue weighted by Gasteiger charge is -2.20. The van der Waals surface area contributed by atoms with Gasteiger partial charge in [-0.15, -0.1) is 0 Å². The van der Waals surface area contributed by atoms with Gasteiger partial charge in [-0.1, -0.05) is 6.92 Å². The number of hydrogen-bond donors (Lipinski definition) is 1. The average molecular weight is 126 g/mol. The Morgan fingerprint density at radius 1 is 1.78 bits per heavy atom. The number of rotatable bonds is 2. The van der Waals surface area contributed by atoms with Crippen LogP contribution in [0, 0.1) is 5.41 Å². The summed E-state index contributed by atoms with van der Waals surface area (Å²) in [6, 6.07) is 0. The van der Waals surface area contributed by atoms with Crippen molar-refractivity contribution < 1.29 is 0 Å². The molecule has 0 amide bonds. The average Bonchev–Trinajstić information content (AvgIpc) is 2.16. The van der Waals surface area contributed by atoms with Crippen LogP contribution in [0.15, 0.2) is 4.99 Å². The molecular weight excluding hydrogens is 112 g/mol. The Morgan fingerprint density at radius 3 is 3.00 bits per heavy atom. The first-order chi connectivity index (χ1) is 4.27. The topological polar surface area (TPSA) is 38.4 Å². The van der Waals surface area contributed by atoms with Gasteiger partial charge < -0.3 is 5.73 Å². The molecule has 1 unspecified atom stereocenters. The molecular formula is C7H14N2. The molecule has 0 bridgehead atoms. The second-order valence-electron chi connectivity index (χ2n) is 3.08. The third kappa shape index (κ3) is 1.52. The zero-order chi connectivity index (χ0) is 6.74. The molecule has 1 heterocycles. The van der Waals surface area contributed by atoms with Gasteiger partial charge in [-0.25, -0.2) is 0 Å². The highest BCUT2D eigenvalue weighted by atomic mass is 14.8. The predicted molar refractivity (Wildman–Crippen MR) is 39.8 cm³/mol. The van der Waals surface area contributed by atoms with Gasteiger partial charge in [-0.2, -0.15) is 0 Å². The summed E-state index contributed by atoms with van der Waals surface area (Å²) in [6.45, 7) is 4.01. The van der Waals surface area contributed by atoms with Crippen LogP contribution < -0.4 is 5.73 Å². The van der Waals surface area contributed by atoms with E-state index in [1.165, 1.54) is 0 Å². The van der Waals surface area contributed by atoms with Crippen molar-refractivity contribution in [1.29, 1.82) is 0 Å². The van der Waals surface area contributed by atoms with Gasteiger partial charge in [0, 0.05) is 6.54 Å². The van der Waals surface area contributed by atoms with Gasteiger partial charge in [0.2, 0.25) is 0 Å². The first kappa shape index (κ1) is 6.75. The molecule has 2 N–H and O–H groups in total. The van der Waals surface area contributed by atoms with E-state index in [1.54, 1.807) is 0 Å². The van der Waals surface area contributed by atoms with Gasteiger partial charge in [-0.05, 0) is 31.0 Å². The maximum absolute atomic E-state index is 5.44.